The van der Waals surface area contributed by atoms with Gasteiger partial charge in [-0.05, 0) is 86.0 Å². The van der Waals surface area contributed by atoms with Crippen molar-refractivity contribution in [1.29, 1.82) is 0 Å². The number of hydrogen-bond acceptors (Lipinski definition) is 5. The number of thiophene rings is 1. The molecule has 4 saturated carbocycles. The molecular weight excluding hydrogens is 507 g/mol. The number of benzene rings is 2. The van der Waals surface area contributed by atoms with Gasteiger partial charge < -0.3 is 5.32 Å². The number of carbonyl (C=O) groups is 1. The van der Waals surface area contributed by atoms with Crippen molar-refractivity contribution in [3.63, 3.8) is 0 Å². The molecule has 2 aromatic carbocycles. The van der Waals surface area contributed by atoms with Crippen molar-refractivity contribution in [2.75, 3.05) is 11.9 Å². The Kier molecular flexibility index (Phi) is 5.53. The number of rotatable bonds is 5. The summed E-state index contributed by atoms with van der Waals surface area (Å²) in [6, 6.07) is 19.2. The molecule has 1 N–H and O–H groups in total. The SMILES string of the molecule is O=C(Nc1sc2c(c1-c1nc3ccccc3s1)CCN(Cc1ccccc1)C2)C12CC3CC(CC(C3)C1)C2. The summed E-state index contributed by atoms with van der Waals surface area (Å²) in [5.74, 6) is 2.58. The maximum atomic E-state index is 14.1. The van der Waals surface area contributed by atoms with Crippen LogP contribution in [0.15, 0.2) is 54.6 Å². The zero-order valence-electron chi connectivity index (χ0n) is 21.6. The van der Waals surface area contributed by atoms with E-state index in [1.165, 1.54) is 45.5 Å². The molecule has 4 nitrogen and oxygen atoms in total. The van der Waals surface area contributed by atoms with Gasteiger partial charge in [-0.3, -0.25) is 9.69 Å². The van der Waals surface area contributed by atoms with E-state index in [2.05, 4.69) is 64.8 Å². The highest BCUT2D eigenvalue weighted by atomic mass is 32.1. The molecule has 4 fully saturated rings. The van der Waals surface area contributed by atoms with Crippen LogP contribution in [0.4, 0.5) is 5.00 Å². The van der Waals surface area contributed by atoms with Crippen molar-refractivity contribution in [2.45, 2.75) is 58.0 Å². The summed E-state index contributed by atoms with van der Waals surface area (Å²) in [5, 5.41) is 5.65. The van der Waals surface area contributed by atoms with Crippen LogP contribution < -0.4 is 5.32 Å². The molecule has 1 amide bonds. The third-order valence-corrected chi connectivity index (χ3v) is 11.8. The van der Waals surface area contributed by atoms with Crippen LogP contribution in [-0.4, -0.2) is 22.3 Å². The maximum Gasteiger partial charge on any atom is 0.231 e. The molecule has 3 heterocycles. The average Bonchev–Trinajstić information content (AvgIpc) is 3.49. The Morgan fingerprint density at radius 2 is 1.66 bits per heavy atom. The lowest BCUT2D eigenvalue weighted by Gasteiger charge is -2.55. The van der Waals surface area contributed by atoms with Crippen LogP contribution in [0.1, 0.15) is 54.5 Å². The second-order valence-electron chi connectivity index (χ2n) is 12.3. The van der Waals surface area contributed by atoms with Crippen LogP contribution in [0.3, 0.4) is 0 Å². The van der Waals surface area contributed by atoms with Crippen LogP contribution in [-0.2, 0) is 24.3 Å². The van der Waals surface area contributed by atoms with Gasteiger partial charge in [0.15, 0.2) is 0 Å². The van der Waals surface area contributed by atoms with Gasteiger partial charge in [-0.15, -0.1) is 22.7 Å². The number of aromatic nitrogens is 1. The van der Waals surface area contributed by atoms with Gasteiger partial charge in [0.1, 0.15) is 10.0 Å². The molecule has 0 saturated heterocycles. The summed E-state index contributed by atoms with van der Waals surface area (Å²) in [6.07, 6.45) is 8.35. The molecule has 0 spiro atoms. The number of fused-ring (bicyclic) bond motifs is 2. The Morgan fingerprint density at radius 1 is 0.947 bits per heavy atom. The molecule has 0 atom stereocenters. The van der Waals surface area contributed by atoms with E-state index < -0.39 is 0 Å². The van der Waals surface area contributed by atoms with Crippen molar-refractivity contribution < 1.29 is 4.79 Å². The molecule has 4 aliphatic carbocycles. The van der Waals surface area contributed by atoms with Crippen LogP contribution in [0.25, 0.3) is 20.8 Å². The maximum absolute atomic E-state index is 14.1. The first-order valence-corrected chi connectivity index (χ1v) is 15.8. The summed E-state index contributed by atoms with van der Waals surface area (Å²) in [5.41, 5.74) is 4.85. The van der Waals surface area contributed by atoms with Crippen LogP contribution in [0.5, 0.6) is 0 Å². The fraction of sp³-hybridized carbons (Fsp3) is 0.438. The fourth-order valence-corrected chi connectivity index (χ4v) is 10.7. The Hall–Kier alpha value is -2.54. The second kappa shape index (κ2) is 9.00. The lowest BCUT2D eigenvalue weighted by atomic mass is 9.49. The summed E-state index contributed by atoms with van der Waals surface area (Å²) >= 11 is 3.57. The quantitative estimate of drug-likeness (QED) is 0.282. The van der Waals surface area contributed by atoms with E-state index in [0.29, 0.717) is 5.91 Å². The van der Waals surface area contributed by atoms with Gasteiger partial charge in [0.05, 0.1) is 15.6 Å². The third-order valence-electron chi connectivity index (χ3n) is 9.64. The van der Waals surface area contributed by atoms with Gasteiger partial charge in [0.2, 0.25) is 5.91 Å². The van der Waals surface area contributed by atoms with Crippen LogP contribution in [0.2, 0.25) is 0 Å². The number of anilines is 1. The average molecular weight is 540 g/mol. The Labute approximate surface area is 232 Å². The Bertz CT molecular complexity index is 1450. The summed E-state index contributed by atoms with van der Waals surface area (Å²) in [6.45, 7) is 2.92. The molecular formula is C32H33N3OS2. The summed E-state index contributed by atoms with van der Waals surface area (Å²) < 4.78 is 1.21. The van der Waals surface area contributed by atoms with E-state index in [4.69, 9.17) is 4.98 Å². The normalized spacial score (nSPS) is 28.1. The largest absolute Gasteiger partial charge is 0.317 e. The van der Waals surface area contributed by atoms with E-state index in [0.717, 1.165) is 78.6 Å². The lowest BCUT2D eigenvalue weighted by Crippen LogP contribution is -2.51. The first kappa shape index (κ1) is 23.4. The monoisotopic (exact) mass is 539 g/mol. The minimum atomic E-state index is -0.149. The minimum Gasteiger partial charge on any atom is -0.317 e. The van der Waals surface area contributed by atoms with E-state index in [9.17, 15) is 4.79 Å². The predicted molar refractivity (Wildman–Crippen MR) is 156 cm³/mol. The third kappa shape index (κ3) is 3.95. The first-order chi connectivity index (χ1) is 18.6. The van der Waals surface area contributed by atoms with Crippen molar-refractivity contribution in [2.24, 2.45) is 23.2 Å². The number of amides is 1. The number of hydrogen-bond donors (Lipinski definition) is 1. The number of thiazole rings is 1. The van der Waals surface area contributed by atoms with E-state index >= 15 is 0 Å². The summed E-state index contributed by atoms with van der Waals surface area (Å²) in [7, 11) is 0. The molecule has 4 aromatic rings. The second-order valence-corrected chi connectivity index (χ2v) is 14.4. The zero-order valence-corrected chi connectivity index (χ0v) is 23.3. The van der Waals surface area contributed by atoms with E-state index in [1.54, 1.807) is 22.7 Å². The molecule has 4 bridgehead atoms. The van der Waals surface area contributed by atoms with Crippen molar-refractivity contribution >= 4 is 43.8 Å². The molecule has 2 aromatic heterocycles. The van der Waals surface area contributed by atoms with Crippen molar-refractivity contribution in [3.8, 4) is 10.6 Å². The molecule has 6 heteroatoms. The van der Waals surface area contributed by atoms with Crippen LogP contribution in [0, 0.1) is 23.2 Å². The lowest BCUT2D eigenvalue weighted by molar-refractivity contribution is -0.140. The van der Waals surface area contributed by atoms with Gasteiger partial charge in [-0.1, -0.05) is 42.5 Å². The number of para-hydroxylation sites is 1. The fourth-order valence-electron chi connectivity index (χ4n) is 8.35. The molecule has 194 valence electrons. The topological polar surface area (TPSA) is 45.2 Å². The Balaban J connectivity index is 1.15. The number of nitrogens with one attached hydrogen (secondary N) is 1. The van der Waals surface area contributed by atoms with E-state index in [-0.39, 0.29) is 5.41 Å². The Morgan fingerprint density at radius 3 is 2.39 bits per heavy atom. The highest BCUT2D eigenvalue weighted by Gasteiger charge is 2.54. The van der Waals surface area contributed by atoms with Gasteiger partial charge in [0.25, 0.3) is 0 Å². The minimum absolute atomic E-state index is 0.149. The molecule has 38 heavy (non-hydrogen) atoms. The highest BCUT2D eigenvalue weighted by Crippen LogP contribution is 2.60. The van der Waals surface area contributed by atoms with Gasteiger partial charge >= 0.3 is 0 Å². The van der Waals surface area contributed by atoms with Gasteiger partial charge in [-0.2, -0.15) is 0 Å². The standard InChI is InChI=1S/C32H33N3OS2/c36-31(32-15-21-12-22(16-32)14-23(13-21)17-32)34-30-28(29-33-25-8-4-5-9-26(25)37-29)24-10-11-35(19-27(24)38-30)18-20-6-2-1-3-7-20/h1-9,21-23H,10-19H2,(H,34,36). The molecule has 9 rings (SSSR count). The molecule has 5 aliphatic rings. The van der Waals surface area contributed by atoms with E-state index in [1.807, 2.05) is 0 Å². The summed E-state index contributed by atoms with van der Waals surface area (Å²) in [4.78, 5) is 23.1. The molecule has 1 aliphatic heterocycles. The first-order valence-electron chi connectivity index (χ1n) is 14.2. The number of carbonyl (C=O) groups excluding carboxylic acids is 1. The van der Waals surface area contributed by atoms with Gasteiger partial charge in [0, 0.05) is 30.1 Å². The van der Waals surface area contributed by atoms with Crippen LogP contribution >= 0.6 is 22.7 Å². The molecule has 0 unspecified atom stereocenters. The number of nitrogens with zero attached hydrogens (tertiary/aromatic N) is 2. The predicted octanol–water partition coefficient (Wildman–Crippen LogP) is 7.74. The van der Waals surface area contributed by atoms with Crippen molar-refractivity contribution in [1.82, 2.24) is 9.88 Å². The molecule has 0 radical (unpaired) electrons. The highest BCUT2D eigenvalue weighted by molar-refractivity contribution is 7.22. The van der Waals surface area contributed by atoms with Crippen molar-refractivity contribution in [3.05, 3.63) is 70.6 Å². The zero-order chi connectivity index (χ0) is 25.3. The van der Waals surface area contributed by atoms with Gasteiger partial charge in [-0.25, -0.2) is 4.98 Å². The smallest absolute Gasteiger partial charge is 0.231 e.